The van der Waals surface area contributed by atoms with E-state index in [1.165, 1.54) is 5.00 Å². The van der Waals surface area contributed by atoms with E-state index in [4.69, 9.17) is 4.99 Å². The van der Waals surface area contributed by atoms with Crippen LogP contribution in [0.2, 0.25) is 0 Å². The molecular formula is C20H35N5OS. The fourth-order valence-corrected chi connectivity index (χ4v) is 4.62. The minimum absolute atomic E-state index is 0.0879. The lowest BCUT2D eigenvalue weighted by atomic mass is 10.1. The van der Waals surface area contributed by atoms with Crippen LogP contribution in [0.4, 0.5) is 5.00 Å². The largest absolute Gasteiger partial charge is 0.393 e. The highest BCUT2D eigenvalue weighted by Gasteiger charge is 2.20. The molecule has 0 bridgehead atoms. The summed E-state index contributed by atoms with van der Waals surface area (Å²) in [4.78, 5) is 9.72. The van der Waals surface area contributed by atoms with E-state index in [0.717, 1.165) is 83.9 Å². The van der Waals surface area contributed by atoms with Crippen molar-refractivity contribution in [1.82, 2.24) is 15.5 Å². The number of guanidine groups is 1. The van der Waals surface area contributed by atoms with Crippen molar-refractivity contribution in [3.8, 4) is 0 Å². The molecule has 2 aliphatic rings. The Balaban J connectivity index is 1.37. The van der Waals surface area contributed by atoms with E-state index in [1.54, 1.807) is 0 Å². The summed E-state index contributed by atoms with van der Waals surface area (Å²) < 4.78 is 0. The van der Waals surface area contributed by atoms with Gasteiger partial charge in [0.1, 0.15) is 0 Å². The number of anilines is 1. The molecule has 0 aromatic carbocycles. The third-order valence-corrected chi connectivity index (χ3v) is 6.39. The lowest BCUT2D eigenvalue weighted by molar-refractivity contribution is 0.0824. The van der Waals surface area contributed by atoms with Crippen LogP contribution in [0.1, 0.15) is 39.0 Å². The van der Waals surface area contributed by atoms with Crippen LogP contribution >= 0.6 is 11.3 Å². The van der Waals surface area contributed by atoms with Crippen LogP contribution in [0.15, 0.2) is 22.5 Å². The zero-order valence-corrected chi connectivity index (χ0v) is 17.4. The highest BCUT2D eigenvalue weighted by molar-refractivity contribution is 7.14. The van der Waals surface area contributed by atoms with Crippen LogP contribution in [-0.2, 0) is 0 Å². The maximum Gasteiger partial charge on any atom is 0.191 e. The molecule has 0 spiro atoms. The van der Waals surface area contributed by atoms with Crippen LogP contribution in [0.5, 0.6) is 0 Å². The van der Waals surface area contributed by atoms with Crippen molar-refractivity contribution < 1.29 is 5.11 Å². The van der Waals surface area contributed by atoms with Gasteiger partial charge in [-0.1, -0.05) is 0 Å². The van der Waals surface area contributed by atoms with Gasteiger partial charge in [-0.3, -0.25) is 4.99 Å². The highest BCUT2D eigenvalue weighted by atomic mass is 32.1. The summed E-state index contributed by atoms with van der Waals surface area (Å²) >= 11 is 1.83. The topological polar surface area (TPSA) is 63.1 Å². The van der Waals surface area contributed by atoms with E-state index in [1.807, 2.05) is 11.3 Å². The van der Waals surface area contributed by atoms with Gasteiger partial charge >= 0.3 is 0 Å². The fourth-order valence-electron chi connectivity index (χ4n) is 3.84. The predicted molar refractivity (Wildman–Crippen MR) is 115 cm³/mol. The fraction of sp³-hybridized carbons (Fsp3) is 0.750. The van der Waals surface area contributed by atoms with Crippen molar-refractivity contribution >= 4 is 22.3 Å². The van der Waals surface area contributed by atoms with E-state index >= 15 is 0 Å². The number of nitrogens with one attached hydrogen (secondary N) is 2. The Bertz CT molecular complexity index is 549. The lowest BCUT2D eigenvalue weighted by Gasteiger charge is -2.33. The van der Waals surface area contributed by atoms with Gasteiger partial charge in [0.05, 0.1) is 11.1 Å². The zero-order chi connectivity index (χ0) is 18.9. The third kappa shape index (κ3) is 6.66. The number of aliphatic hydroxyl groups excluding tert-OH is 1. The SMILES string of the molecule is CCNC(=NCCCN1CCC(O)CC1)NC1CCN(c2cccs2)CC1. The normalized spacial score (nSPS) is 20.8. The van der Waals surface area contributed by atoms with Crippen LogP contribution in [0.25, 0.3) is 0 Å². The number of thiophene rings is 1. The number of likely N-dealkylation sites (tertiary alicyclic amines) is 1. The van der Waals surface area contributed by atoms with Crippen LogP contribution in [0, 0.1) is 0 Å². The van der Waals surface area contributed by atoms with E-state index in [0.29, 0.717) is 6.04 Å². The second kappa shape index (κ2) is 10.9. The van der Waals surface area contributed by atoms with Gasteiger partial charge < -0.3 is 25.5 Å². The second-order valence-electron chi connectivity index (χ2n) is 7.54. The Morgan fingerprint density at radius 3 is 2.67 bits per heavy atom. The Morgan fingerprint density at radius 1 is 1.22 bits per heavy atom. The number of aliphatic imine (C=N–C) groups is 1. The van der Waals surface area contributed by atoms with Gasteiger partial charge in [0.2, 0.25) is 0 Å². The Hall–Kier alpha value is -1.31. The molecule has 27 heavy (non-hydrogen) atoms. The summed E-state index contributed by atoms with van der Waals surface area (Å²) in [5, 5.41) is 20.2. The summed E-state index contributed by atoms with van der Waals surface area (Å²) in [5.74, 6) is 0.959. The average Bonchev–Trinajstić information content (AvgIpc) is 3.22. The maximum absolute atomic E-state index is 9.59. The van der Waals surface area contributed by atoms with Gasteiger partial charge in [-0.05, 0) is 63.1 Å². The average molecular weight is 394 g/mol. The first-order valence-electron chi connectivity index (χ1n) is 10.5. The molecule has 6 nitrogen and oxygen atoms in total. The standard InChI is InChI=1S/C20H35N5OS/c1-2-21-20(22-10-4-11-24-12-8-18(26)9-13-24)23-17-6-14-25(15-7-17)19-5-3-16-27-19/h3,5,16-18,26H,2,4,6-15H2,1H3,(H2,21,22,23). The van der Waals surface area contributed by atoms with Crippen molar-refractivity contribution in [2.45, 2.75) is 51.2 Å². The molecule has 0 unspecified atom stereocenters. The number of aliphatic hydroxyl groups is 1. The minimum atomic E-state index is -0.0879. The van der Waals surface area contributed by atoms with Crippen LogP contribution < -0.4 is 15.5 Å². The van der Waals surface area contributed by atoms with E-state index in [2.05, 4.69) is 44.9 Å². The predicted octanol–water partition coefficient (Wildman–Crippen LogP) is 2.12. The zero-order valence-electron chi connectivity index (χ0n) is 16.6. The number of piperidine rings is 2. The molecule has 1 aromatic rings. The molecule has 0 aliphatic carbocycles. The Morgan fingerprint density at radius 2 is 2.00 bits per heavy atom. The van der Waals surface area contributed by atoms with E-state index < -0.39 is 0 Å². The summed E-state index contributed by atoms with van der Waals surface area (Å²) in [6.07, 6.45) is 5.12. The van der Waals surface area contributed by atoms with Gasteiger partial charge in [-0.15, -0.1) is 11.3 Å². The van der Waals surface area contributed by atoms with Crippen LogP contribution in [-0.4, -0.2) is 73.9 Å². The summed E-state index contributed by atoms with van der Waals surface area (Å²) in [5.41, 5.74) is 0. The van der Waals surface area contributed by atoms with Gasteiger partial charge in [-0.25, -0.2) is 0 Å². The van der Waals surface area contributed by atoms with E-state index in [9.17, 15) is 5.11 Å². The van der Waals surface area contributed by atoms with Crippen LogP contribution in [0.3, 0.4) is 0 Å². The number of nitrogens with zero attached hydrogens (tertiary/aromatic N) is 3. The monoisotopic (exact) mass is 393 g/mol. The summed E-state index contributed by atoms with van der Waals surface area (Å²) in [7, 11) is 0. The molecule has 152 valence electrons. The maximum atomic E-state index is 9.59. The van der Waals surface area contributed by atoms with E-state index in [-0.39, 0.29) is 6.10 Å². The molecule has 3 heterocycles. The first-order valence-corrected chi connectivity index (χ1v) is 11.4. The van der Waals surface area contributed by atoms with Gasteiger partial charge in [-0.2, -0.15) is 0 Å². The Labute approximate surface area is 167 Å². The lowest BCUT2D eigenvalue weighted by Crippen LogP contribution is -2.48. The molecule has 2 fully saturated rings. The first-order chi connectivity index (χ1) is 13.2. The van der Waals surface area contributed by atoms with Gasteiger partial charge in [0.25, 0.3) is 0 Å². The van der Waals surface area contributed by atoms with Crippen molar-refractivity contribution in [1.29, 1.82) is 0 Å². The molecular weight excluding hydrogens is 358 g/mol. The third-order valence-electron chi connectivity index (χ3n) is 5.46. The molecule has 0 amide bonds. The molecule has 0 saturated carbocycles. The van der Waals surface area contributed by atoms with Crippen molar-refractivity contribution in [3.05, 3.63) is 17.5 Å². The van der Waals surface area contributed by atoms with Crippen molar-refractivity contribution in [3.63, 3.8) is 0 Å². The first kappa shape index (κ1) is 20.4. The second-order valence-corrected chi connectivity index (χ2v) is 8.47. The number of rotatable bonds is 7. The molecule has 0 radical (unpaired) electrons. The smallest absolute Gasteiger partial charge is 0.191 e. The molecule has 1 aromatic heterocycles. The molecule has 7 heteroatoms. The number of hydrogen-bond donors (Lipinski definition) is 3. The molecule has 2 saturated heterocycles. The van der Waals surface area contributed by atoms with Gasteiger partial charge in [0.15, 0.2) is 5.96 Å². The summed E-state index contributed by atoms with van der Waals surface area (Å²) in [6, 6.07) is 4.85. The molecule has 3 N–H and O–H groups in total. The molecule has 2 aliphatic heterocycles. The molecule has 0 atom stereocenters. The van der Waals surface area contributed by atoms with Crippen molar-refractivity contribution in [2.24, 2.45) is 4.99 Å². The highest BCUT2D eigenvalue weighted by Crippen LogP contribution is 2.24. The molecule has 3 rings (SSSR count). The number of hydrogen-bond acceptors (Lipinski definition) is 5. The quantitative estimate of drug-likeness (QED) is 0.376. The summed E-state index contributed by atoms with van der Waals surface area (Å²) in [6.45, 7) is 9.20. The minimum Gasteiger partial charge on any atom is -0.393 e. The van der Waals surface area contributed by atoms with Crippen molar-refractivity contribution in [2.75, 3.05) is 50.7 Å². The Kier molecular flexibility index (Phi) is 8.23. The van der Waals surface area contributed by atoms with Gasteiger partial charge in [0, 0.05) is 45.3 Å².